The van der Waals surface area contributed by atoms with Crippen molar-refractivity contribution < 1.29 is 19.4 Å². The zero-order valence-electron chi connectivity index (χ0n) is 11.6. The lowest BCUT2D eigenvalue weighted by Crippen LogP contribution is -2.27. The molecule has 1 aliphatic rings. The molecule has 0 amide bonds. The Balaban J connectivity index is 2.25. The second-order valence-electron chi connectivity index (χ2n) is 5.25. The lowest BCUT2D eigenvalue weighted by molar-refractivity contribution is -0.124. The van der Waals surface area contributed by atoms with Crippen LogP contribution in [0.25, 0.3) is 0 Å². The SMILES string of the molecule is COCC(C)OCC(O)CC1CCCCCC1=O. The highest BCUT2D eigenvalue weighted by molar-refractivity contribution is 5.81. The highest BCUT2D eigenvalue weighted by Gasteiger charge is 2.23. The molecule has 4 heteroatoms. The highest BCUT2D eigenvalue weighted by atomic mass is 16.5. The van der Waals surface area contributed by atoms with Crippen LogP contribution in [0.2, 0.25) is 0 Å². The first-order valence-electron chi connectivity index (χ1n) is 6.94. The fourth-order valence-electron chi connectivity index (χ4n) is 2.44. The summed E-state index contributed by atoms with van der Waals surface area (Å²) in [7, 11) is 1.63. The van der Waals surface area contributed by atoms with Gasteiger partial charge in [-0.05, 0) is 26.2 Å². The maximum Gasteiger partial charge on any atom is 0.136 e. The Morgan fingerprint density at radius 3 is 2.83 bits per heavy atom. The number of aliphatic hydroxyl groups is 1. The molecule has 0 aliphatic heterocycles. The van der Waals surface area contributed by atoms with E-state index < -0.39 is 6.10 Å². The van der Waals surface area contributed by atoms with Crippen LogP contribution in [0.4, 0.5) is 0 Å². The molecule has 1 saturated carbocycles. The number of carbonyl (C=O) groups excluding carboxylic acids is 1. The molecule has 3 atom stereocenters. The Labute approximate surface area is 110 Å². The third-order valence-corrected chi connectivity index (χ3v) is 3.46. The van der Waals surface area contributed by atoms with Gasteiger partial charge < -0.3 is 14.6 Å². The second-order valence-corrected chi connectivity index (χ2v) is 5.25. The van der Waals surface area contributed by atoms with Crippen molar-refractivity contribution >= 4 is 5.78 Å². The molecule has 1 rings (SSSR count). The zero-order valence-corrected chi connectivity index (χ0v) is 11.6. The van der Waals surface area contributed by atoms with E-state index in [0.717, 1.165) is 25.7 Å². The lowest BCUT2D eigenvalue weighted by Gasteiger charge is -2.19. The van der Waals surface area contributed by atoms with Gasteiger partial charge in [0.25, 0.3) is 0 Å². The largest absolute Gasteiger partial charge is 0.391 e. The number of hydrogen-bond acceptors (Lipinski definition) is 4. The van der Waals surface area contributed by atoms with Crippen LogP contribution in [0.1, 0.15) is 45.4 Å². The Kier molecular flexibility index (Phi) is 7.47. The molecule has 1 fully saturated rings. The molecular weight excluding hydrogens is 232 g/mol. The average Bonchev–Trinajstić information content (AvgIpc) is 2.53. The predicted molar refractivity (Wildman–Crippen MR) is 69.5 cm³/mol. The van der Waals surface area contributed by atoms with E-state index in [2.05, 4.69) is 0 Å². The van der Waals surface area contributed by atoms with E-state index in [4.69, 9.17) is 9.47 Å². The molecule has 0 radical (unpaired) electrons. The molecule has 0 spiro atoms. The fourth-order valence-corrected chi connectivity index (χ4v) is 2.44. The molecule has 4 nitrogen and oxygen atoms in total. The summed E-state index contributed by atoms with van der Waals surface area (Å²) < 4.78 is 10.4. The third kappa shape index (κ3) is 5.94. The zero-order chi connectivity index (χ0) is 13.4. The normalized spacial score (nSPS) is 24.6. The highest BCUT2D eigenvalue weighted by Crippen LogP contribution is 2.24. The van der Waals surface area contributed by atoms with E-state index in [-0.39, 0.29) is 18.6 Å². The maximum absolute atomic E-state index is 11.8. The summed E-state index contributed by atoms with van der Waals surface area (Å²) in [6.07, 6.45) is 4.82. The number of hydrogen-bond donors (Lipinski definition) is 1. The molecular formula is C14H26O4. The number of ketones is 1. The van der Waals surface area contributed by atoms with Crippen LogP contribution in [0.15, 0.2) is 0 Å². The topological polar surface area (TPSA) is 55.8 Å². The van der Waals surface area contributed by atoms with E-state index in [0.29, 0.717) is 25.2 Å². The van der Waals surface area contributed by atoms with E-state index in [1.807, 2.05) is 6.92 Å². The van der Waals surface area contributed by atoms with Gasteiger partial charge in [-0.3, -0.25) is 4.79 Å². The van der Waals surface area contributed by atoms with Gasteiger partial charge in [-0.15, -0.1) is 0 Å². The Morgan fingerprint density at radius 2 is 2.11 bits per heavy atom. The summed E-state index contributed by atoms with van der Waals surface area (Å²) in [6.45, 7) is 2.72. The number of carbonyl (C=O) groups is 1. The van der Waals surface area contributed by atoms with Crippen molar-refractivity contribution in [2.75, 3.05) is 20.3 Å². The van der Waals surface area contributed by atoms with Crippen molar-refractivity contribution in [3.8, 4) is 0 Å². The molecule has 0 aromatic rings. The Hall–Kier alpha value is -0.450. The second kappa shape index (κ2) is 8.62. The first kappa shape index (κ1) is 15.6. The molecule has 0 saturated heterocycles. The van der Waals surface area contributed by atoms with Gasteiger partial charge in [0.2, 0.25) is 0 Å². The van der Waals surface area contributed by atoms with Crippen LogP contribution in [-0.2, 0) is 14.3 Å². The van der Waals surface area contributed by atoms with Gasteiger partial charge in [0.05, 0.1) is 25.4 Å². The quantitative estimate of drug-likeness (QED) is 0.709. The number of Topliss-reactive ketones (excluding diaryl/α,β-unsaturated/α-hetero) is 1. The first-order valence-corrected chi connectivity index (χ1v) is 6.94. The van der Waals surface area contributed by atoms with Crippen LogP contribution in [0, 0.1) is 5.92 Å². The molecule has 0 aromatic carbocycles. The van der Waals surface area contributed by atoms with Crippen molar-refractivity contribution in [3.63, 3.8) is 0 Å². The van der Waals surface area contributed by atoms with Gasteiger partial charge >= 0.3 is 0 Å². The summed E-state index contributed by atoms with van der Waals surface area (Å²) >= 11 is 0. The molecule has 1 aliphatic carbocycles. The van der Waals surface area contributed by atoms with Gasteiger partial charge in [0, 0.05) is 19.4 Å². The number of methoxy groups -OCH3 is 1. The molecule has 0 bridgehead atoms. The predicted octanol–water partition coefficient (Wildman–Crippen LogP) is 1.94. The molecule has 0 aromatic heterocycles. The number of aliphatic hydroxyl groups excluding tert-OH is 1. The summed E-state index contributed by atoms with van der Waals surface area (Å²) in [5.74, 6) is 0.348. The van der Waals surface area contributed by atoms with Gasteiger partial charge in [-0.1, -0.05) is 12.8 Å². The van der Waals surface area contributed by atoms with Crippen LogP contribution >= 0.6 is 0 Å². The Morgan fingerprint density at radius 1 is 1.33 bits per heavy atom. The van der Waals surface area contributed by atoms with Gasteiger partial charge in [-0.25, -0.2) is 0 Å². The molecule has 106 valence electrons. The van der Waals surface area contributed by atoms with E-state index in [1.165, 1.54) is 0 Å². The first-order chi connectivity index (χ1) is 8.63. The number of rotatable bonds is 7. The smallest absolute Gasteiger partial charge is 0.136 e. The van der Waals surface area contributed by atoms with Crippen LogP contribution in [-0.4, -0.2) is 43.4 Å². The van der Waals surface area contributed by atoms with E-state index >= 15 is 0 Å². The minimum Gasteiger partial charge on any atom is -0.391 e. The average molecular weight is 258 g/mol. The van der Waals surface area contributed by atoms with Crippen LogP contribution < -0.4 is 0 Å². The number of ether oxygens (including phenoxy) is 2. The van der Waals surface area contributed by atoms with Crippen molar-refractivity contribution in [2.45, 2.75) is 57.7 Å². The summed E-state index contributed by atoms with van der Waals surface area (Å²) in [4.78, 5) is 11.8. The van der Waals surface area contributed by atoms with Gasteiger partial charge in [0.1, 0.15) is 5.78 Å². The third-order valence-electron chi connectivity index (χ3n) is 3.46. The minimum atomic E-state index is -0.545. The van der Waals surface area contributed by atoms with Gasteiger partial charge in [0.15, 0.2) is 0 Å². The van der Waals surface area contributed by atoms with Gasteiger partial charge in [-0.2, -0.15) is 0 Å². The van der Waals surface area contributed by atoms with Crippen molar-refractivity contribution in [2.24, 2.45) is 5.92 Å². The maximum atomic E-state index is 11.8. The minimum absolute atomic E-state index is 0.0190. The molecule has 3 unspecified atom stereocenters. The van der Waals surface area contributed by atoms with E-state index in [1.54, 1.807) is 7.11 Å². The summed E-state index contributed by atoms with van der Waals surface area (Å²) in [6, 6.07) is 0. The molecule has 0 heterocycles. The fraction of sp³-hybridized carbons (Fsp3) is 0.929. The van der Waals surface area contributed by atoms with Crippen LogP contribution in [0.5, 0.6) is 0 Å². The van der Waals surface area contributed by atoms with Crippen molar-refractivity contribution in [3.05, 3.63) is 0 Å². The Bertz CT molecular complexity index is 242. The lowest BCUT2D eigenvalue weighted by atomic mass is 9.93. The summed E-state index contributed by atoms with van der Waals surface area (Å²) in [5.41, 5.74) is 0. The summed E-state index contributed by atoms with van der Waals surface area (Å²) in [5, 5.41) is 9.91. The molecule has 1 N–H and O–H groups in total. The molecule has 18 heavy (non-hydrogen) atoms. The van der Waals surface area contributed by atoms with Crippen LogP contribution in [0.3, 0.4) is 0 Å². The monoisotopic (exact) mass is 258 g/mol. The van der Waals surface area contributed by atoms with E-state index in [9.17, 15) is 9.90 Å². The standard InChI is InChI=1S/C14H26O4/c1-11(9-17-2)18-10-13(15)8-12-6-4-3-5-7-14(12)16/h11-13,15H,3-10H2,1-2H3. The van der Waals surface area contributed by atoms with Crippen molar-refractivity contribution in [1.29, 1.82) is 0 Å². The van der Waals surface area contributed by atoms with Crippen molar-refractivity contribution in [1.82, 2.24) is 0 Å².